The molecule has 124 valence electrons. The number of pyridine rings is 2. The molecule has 4 heterocycles. The summed E-state index contributed by atoms with van der Waals surface area (Å²) in [4.78, 5) is 9.23. The summed E-state index contributed by atoms with van der Waals surface area (Å²) in [6.45, 7) is 2.09. The van der Waals surface area contributed by atoms with E-state index < -0.39 is 0 Å². The summed E-state index contributed by atoms with van der Waals surface area (Å²) < 4.78 is 7.33. The third-order valence-corrected chi connectivity index (χ3v) is 4.37. The molecule has 1 atom stereocenters. The van der Waals surface area contributed by atoms with Crippen LogP contribution in [0.5, 0.6) is 5.75 Å². The Hall–Kier alpha value is -2.60. The summed E-state index contributed by atoms with van der Waals surface area (Å²) >= 11 is 0. The van der Waals surface area contributed by atoms with Crippen molar-refractivity contribution in [2.45, 2.75) is 18.9 Å². The van der Waals surface area contributed by atoms with Gasteiger partial charge in [0, 0.05) is 12.6 Å². The van der Waals surface area contributed by atoms with Crippen LogP contribution in [0, 0.1) is 0 Å². The van der Waals surface area contributed by atoms with Crippen LogP contribution in [0.25, 0.3) is 17.0 Å². The molecule has 1 aliphatic rings. The van der Waals surface area contributed by atoms with Gasteiger partial charge >= 0.3 is 0 Å². The molecular formula is C18H21N5O. The Bertz CT molecular complexity index is 838. The summed E-state index contributed by atoms with van der Waals surface area (Å²) in [5.41, 5.74) is 2.72. The molecule has 0 radical (unpaired) electrons. The van der Waals surface area contributed by atoms with Gasteiger partial charge in [-0.2, -0.15) is 0 Å². The van der Waals surface area contributed by atoms with Crippen LogP contribution in [0.3, 0.4) is 0 Å². The molecule has 6 nitrogen and oxygen atoms in total. The van der Waals surface area contributed by atoms with Crippen molar-refractivity contribution in [2.75, 3.05) is 25.5 Å². The summed E-state index contributed by atoms with van der Waals surface area (Å²) in [6, 6.07) is 10.3. The van der Waals surface area contributed by atoms with Crippen molar-refractivity contribution in [3.63, 3.8) is 0 Å². The van der Waals surface area contributed by atoms with E-state index in [-0.39, 0.29) is 0 Å². The van der Waals surface area contributed by atoms with E-state index in [1.54, 1.807) is 7.11 Å². The second-order valence-electron chi connectivity index (χ2n) is 6.04. The zero-order chi connectivity index (χ0) is 16.4. The van der Waals surface area contributed by atoms with E-state index in [1.807, 2.05) is 47.1 Å². The average Bonchev–Trinajstić information content (AvgIpc) is 3.06. The highest BCUT2D eigenvalue weighted by molar-refractivity contribution is 5.62. The minimum absolute atomic E-state index is 0.434. The van der Waals surface area contributed by atoms with Gasteiger partial charge in [0.15, 0.2) is 0 Å². The first-order chi connectivity index (χ1) is 11.8. The lowest BCUT2D eigenvalue weighted by Crippen LogP contribution is -2.38. The SMILES string of the molecule is COc1ccc2ncc(-c3cccc(N[C@@H]4CCCNC4)n3)n2c1. The fraction of sp³-hybridized carbons (Fsp3) is 0.333. The maximum atomic E-state index is 5.32. The predicted molar refractivity (Wildman–Crippen MR) is 94.5 cm³/mol. The predicted octanol–water partition coefficient (Wildman–Crippen LogP) is 2.57. The zero-order valence-corrected chi connectivity index (χ0v) is 13.7. The molecule has 2 N–H and O–H groups in total. The maximum absolute atomic E-state index is 5.32. The molecule has 1 fully saturated rings. The van der Waals surface area contributed by atoms with Gasteiger partial charge in [-0.15, -0.1) is 0 Å². The van der Waals surface area contributed by atoms with Crippen molar-refractivity contribution in [2.24, 2.45) is 0 Å². The Kier molecular flexibility index (Phi) is 4.04. The summed E-state index contributed by atoms with van der Waals surface area (Å²) in [7, 11) is 1.67. The first kappa shape index (κ1) is 15.0. The van der Waals surface area contributed by atoms with E-state index in [1.165, 1.54) is 12.8 Å². The molecular weight excluding hydrogens is 302 g/mol. The number of imidazole rings is 1. The molecule has 0 aliphatic carbocycles. The molecule has 4 rings (SSSR count). The average molecular weight is 323 g/mol. The Labute approximate surface area is 140 Å². The fourth-order valence-electron chi connectivity index (χ4n) is 3.11. The highest BCUT2D eigenvalue weighted by atomic mass is 16.5. The smallest absolute Gasteiger partial charge is 0.137 e. The number of piperidine rings is 1. The van der Waals surface area contributed by atoms with Crippen molar-refractivity contribution in [3.8, 4) is 17.1 Å². The lowest BCUT2D eigenvalue weighted by atomic mass is 10.1. The number of nitrogens with one attached hydrogen (secondary N) is 2. The van der Waals surface area contributed by atoms with E-state index in [2.05, 4.69) is 15.6 Å². The number of methoxy groups -OCH3 is 1. The van der Waals surface area contributed by atoms with Gasteiger partial charge < -0.3 is 15.4 Å². The molecule has 0 aromatic carbocycles. The number of aromatic nitrogens is 3. The molecule has 0 amide bonds. The molecule has 3 aromatic heterocycles. The first-order valence-corrected chi connectivity index (χ1v) is 8.29. The third kappa shape index (κ3) is 2.92. The van der Waals surface area contributed by atoms with Gasteiger partial charge in [0.25, 0.3) is 0 Å². The van der Waals surface area contributed by atoms with Crippen LogP contribution < -0.4 is 15.4 Å². The van der Waals surface area contributed by atoms with Crippen LogP contribution in [0.4, 0.5) is 5.82 Å². The molecule has 1 saturated heterocycles. The van der Waals surface area contributed by atoms with Crippen LogP contribution >= 0.6 is 0 Å². The van der Waals surface area contributed by atoms with E-state index in [4.69, 9.17) is 9.72 Å². The highest BCUT2D eigenvalue weighted by Crippen LogP contribution is 2.23. The third-order valence-electron chi connectivity index (χ3n) is 4.37. The lowest BCUT2D eigenvalue weighted by molar-refractivity contribution is 0.412. The normalized spacial score (nSPS) is 17.8. The van der Waals surface area contributed by atoms with Gasteiger partial charge in [0.2, 0.25) is 0 Å². The molecule has 0 unspecified atom stereocenters. The largest absolute Gasteiger partial charge is 0.495 e. The van der Waals surface area contributed by atoms with Gasteiger partial charge in [-0.1, -0.05) is 6.07 Å². The number of rotatable bonds is 4. The second-order valence-corrected chi connectivity index (χ2v) is 6.04. The Morgan fingerprint density at radius 1 is 1.29 bits per heavy atom. The van der Waals surface area contributed by atoms with Crippen molar-refractivity contribution in [3.05, 3.63) is 42.7 Å². The van der Waals surface area contributed by atoms with Crippen molar-refractivity contribution in [1.29, 1.82) is 0 Å². The number of nitrogens with zero attached hydrogens (tertiary/aromatic N) is 3. The second kappa shape index (κ2) is 6.49. The van der Waals surface area contributed by atoms with Crippen LogP contribution in [0.15, 0.2) is 42.7 Å². The number of ether oxygens (including phenoxy) is 1. The van der Waals surface area contributed by atoms with Crippen LogP contribution in [0.2, 0.25) is 0 Å². The van der Waals surface area contributed by atoms with E-state index in [0.29, 0.717) is 6.04 Å². The minimum atomic E-state index is 0.434. The summed E-state index contributed by atoms with van der Waals surface area (Å²) in [5.74, 6) is 1.70. The van der Waals surface area contributed by atoms with Gasteiger partial charge in [0.1, 0.15) is 17.2 Å². The topological polar surface area (TPSA) is 63.5 Å². The molecule has 6 heteroatoms. The fourth-order valence-corrected chi connectivity index (χ4v) is 3.11. The zero-order valence-electron chi connectivity index (χ0n) is 13.7. The number of hydrogen-bond acceptors (Lipinski definition) is 5. The number of fused-ring (bicyclic) bond motifs is 1. The van der Waals surface area contributed by atoms with Gasteiger partial charge in [0.05, 0.1) is 30.9 Å². The van der Waals surface area contributed by atoms with Crippen LogP contribution in [-0.2, 0) is 0 Å². The standard InChI is InChI=1S/C18H21N5O/c1-24-14-7-8-18-20-11-16(23(18)12-14)15-5-2-6-17(22-15)21-13-4-3-9-19-10-13/h2,5-8,11-13,19H,3-4,9-10H2,1H3,(H,21,22)/t13-/m1/s1. The Morgan fingerprint density at radius 3 is 3.08 bits per heavy atom. The Morgan fingerprint density at radius 2 is 2.25 bits per heavy atom. The van der Waals surface area contributed by atoms with Crippen LogP contribution in [-0.4, -0.2) is 40.6 Å². The van der Waals surface area contributed by atoms with Gasteiger partial charge in [-0.05, 0) is 43.7 Å². The van der Waals surface area contributed by atoms with Gasteiger partial charge in [-0.25, -0.2) is 9.97 Å². The van der Waals surface area contributed by atoms with Gasteiger partial charge in [-0.3, -0.25) is 4.40 Å². The molecule has 24 heavy (non-hydrogen) atoms. The van der Waals surface area contributed by atoms with E-state index in [9.17, 15) is 0 Å². The maximum Gasteiger partial charge on any atom is 0.137 e. The molecule has 0 saturated carbocycles. The number of anilines is 1. The minimum Gasteiger partial charge on any atom is -0.495 e. The molecule has 0 spiro atoms. The van der Waals surface area contributed by atoms with Crippen molar-refractivity contribution >= 4 is 11.5 Å². The number of hydrogen-bond donors (Lipinski definition) is 2. The molecule has 0 bridgehead atoms. The highest BCUT2D eigenvalue weighted by Gasteiger charge is 2.14. The first-order valence-electron chi connectivity index (χ1n) is 8.29. The van der Waals surface area contributed by atoms with Crippen LogP contribution in [0.1, 0.15) is 12.8 Å². The quantitative estimate of drug-likeness (QED) is 0.772. The lowest BCUT2D eigenvalue weighted by Gasteiger charge is -2.24. The van der Waals surface area contributed by atoms with Crippen molar-refractivity contribution < 1.29 is 4.74 Å². The molecule has 3 aromatic rings. The monoisotopic (exact) mass is 323 g/mol. The van der Waals surface area contributed by atoms with E-state index >= 15 is 0 Å². The Balaban J connectivity index is 1.65. The van der Waals surface area contributed by atoms with E-state index in [0.717, 1.165) is 41.7 Å². The van der Waals surface area contributed by atoms with Crippen molar-refractivity contribution in [1.82, 2.24) is 19.7 Å². The molecule has 1 aliphatic heterocycles. The summed E-state index contributed by atoms with van der Waals surface area (Å²) in [6.07, 6.45) is 6.16. The summed E-state index contributed by atoms with van der Waals surface area (Å²) in [5, 5.41) is 6.94.